The Morgan fingerprint density at radius 1 is 1.67 bits per heavy atom. The summed E-state index contributed by atoms with van der Waals surface area (Å²) in [7, 11) is 1.45. The lowest BCUT2D eigenvalue weighted by molar-refractivity contribution is -0.170. The van der Waals surface area contributed by atoms with E-state index < -0.39 is 0 Å². The second-order valence-corrected chi connectivity index (χ2v) is 4.50. The standard InChI is InChI=1S/C11H19NO3/c1-3-9-11(7-15-9)5-4-8(6-12-11)10(13)14-2/h8-9,12H,3-7H2,1-2H3. The fraction of sp³-hybridized carbons (Fsp3) is 0.909. The third-order valence-electron chi connectivity index (χ3n) is 3.70. The average Bonchev–Trinajstić information content (AvgIpc) is 2.27. The summed E-state index contributed by atoms with van der Waals surface area (Å²) in [5.74, 6) is -0.0654. The van der Waals surface area contributed by atoms with Crippen LogP contribution in [0, 0.1) is 5.92 Å². The number of hydrogen-bond acceptors (Lipinski definition) is 4. The SMILES string of the molecule is CCC1OCC12CCC(C(=O)OC)CN2. The Labute approximate surface area is 90.3 Å². The molecule has 4 heteroatoms. The van der Waals surface area contributed by atoms with Crippen molar-refractivity contribution in [2.75, 3.05) is 20.3 Å². The predicted molar refractivity (Wildman–Crippen MR) is 55.5 cm³/mol. The van der Waals surface area contributed by atoms with Crippen LogP contribution < -0.4 is 5.32 Å². The van der Waals surface area contributed by atoms with E-state index in [1.165, 1.54) is 7.11 Å². The van der Waals surface area contributed by atoms with Crippen LogP contribution in [0.2, 0.25) is 0 Å². The molecule has 86 valence electrons. The fourth-order valence-corrected chi connectivity index (χ4v) is 2.63. The summed E-state index contributed by atoms with van der Waals surface area (Å²) in [6, 6.07) is 0. The Hall–Kier alpha value is -0.610. The largest absolute Gasteiger partial charge is 0.469 e. The molecule has 0 amide bonds. The molecule has 2 aliphatic rings. The van der Waals surface area contributed by atoms with E-state index in [0.717, 1.165) is 32.4 Å². The summed E-state index contributed by atoms with van der Waals surface area (Å²) in [4.78, 5) is 11.3. The van der Waals surface area contributed by atoms with Crippen molar-refractivity contribution in [1.82, 2.24) is 5.32 Å². The van der Waals surface area contributed by atoms with Crippen LogP contribution in [0.1, 0.15) is 26.2 Å². The third kappa shape index (κ3) is 1.76. The highest BCUT2D eigenvalue weighted by Gasteiger charge is 2.49. The van der Waals surface area contributed by atoms with E-state index in [2.05, 4.69) is 12.2 Å². The van der Waals surface area contributed by atoms with Gasteiger partial charge in [0.15, 0.2) is 0 Å². The van der Waals surface area contributed by atoms with Crippen molar-refractivity contribution < 1.29 is 14.3 Å². The van der Waals surface area contributed by atoms with E-state index in [9.17, 15) is 4.79 Å². The molecular weight excluding hydrogens is 194 g/mol. The first-order chi connectivity index (χ1) is 7.22. The van der Waals surface area contributed by atoms with Gasteiger partial charge in [0, 0.05) is 6.54 Å². The van der Waals surface area contributed by atoms with E-state index in [1.54, 1.807) is 0 Å². The number of carbonyl (C=O) groups is 1. The van der Waals surface area contributed by atoms with Gasteiger partial charge in [0.2, 0.25) is 0 Å². The van der Waals surface area contributed by atoms with Gasteiger partial charge in [-0.15, -0.1) is 0 Å². The summed E-state index contributed by atoms with van der Waals surface area (Å²) in [5.41, 5.74) is 0.152. The molecule has 3 atom stereocenters. The number of hydrogen-bond donors (Lipinski definition) is 1. The Kier molecular flexibility index (Phi) is 2.98. The summed E-state index contributed by atoms with van der Waals surface area (Å²) in [6.07, 6.45) is 3.30. The zero-order chi connectivity index (χ0) is 10.9. The second kappa shape index (κ2) is 4.10. The van der Waals surface area contributed by atoms with Gasteiger partial charge in [-0.1, -0.05) is 6.92 Å². The molecule has 2 heterocycles. The number of rotatable bonds is 2. The monoisotopic (exact) mass is 213 g/mol. The minimum absolute atomic E-state index is 0.0266. The Morgan fingerprint density at radius 3 is 2.87 bits per heavy atom. The average molecular weight is 213 g/mol. The molecule has 0 radical (unpaired) electrons. The van der Waals surface area contributed by atoms with Crippen LogP contribution in [0.5, 0.6) is 0 Å². The van der Waals surface area contributed by atoms with E-state index in [1.807, 2.05) is 0 Å². The van der Waals surface area contributed by atoms with Gasteiger partial charge in [-0.3, -0.25) is 4.79 Å². The summed E-state index contributed by atoms with van der Waals surface area (Å²) >= 11 is 0. The van der Waals surface area contributed by atoms with Crippen LogP contribution in [-0.2, 0) is 14.3 Å². The number of carbonyl (C=O) groups excluding carboxylic acids is 1. The van der Waals surface area contributed by atoms with Crippen LogP contribution in [0.4, 0.5) is 0 Å². The number of ether oxygens (including phenoxy) is 2. The summed E-state index contributed by atoms with van der Waals surface area (Å²) in [6.45, 7) is 3.66. The third-order valence-corrected chi connectivity index (χ3v) is 3.70. The first-order valence-corrected chi connectivity index (χ1v) is 5.66. The quantitative estimate of drug-likeness (QED) is 0.686. The Morgan fingerprint density at radius 2 is 2.47 bits per heavy atom. The highest BCUT2D eigenvalue weighted by Crippen LogP contribution is 2.36. The first kappa shape index (κ1) is 10.9. The van der Waals surface area contributed by atoms with Crippen LogP contribution >= 0.6 is 0 Å². The predicted octanol–water partition coefficient (Wildman–Crippen LogP) is 0.707. The molecule has 1 N–H and O–H groups in total. The van der Waals surface area contributed by atoms with Gasteiger partial charge >= 0.3 is 5.97 Å². The second-order valence-electron chi connectivity index (χ2n) is 4.50. The summed E-state index contributed by atoms with van der Waals surface area (Å²) in [5, 5.41) is 3.47. The molecule has 4 nitrogen and oxygen atoms in total. The van der Waals surface area contributed by atoms with Gasteiger partial charge in [0.1, 0.15) is 0 Å². The molecule has 3 unspecified atom stereocenters. The molecule has 15 heavy (non-hydrogen) atoms. The Balaban J connectivity index is 1.89. The van der Waals surface area contributed by atoms with Gasteiger partial charge in [-0.2, -0.15) is 0 Å². The van der Waals surface area contributed by atoms with Gasteiger partial charge in [0.05, 0.1) is 31.3 Å². The maximum Gasteiger partial charge on any atom is 0.309 e. The van der Waals surface area contributed by atoms with Crippen molar-refractivity contribution in [3.63, 3.8) is 0 Å². The van der Waals surface area contributed by atoms with Crippen molar-refractivity contribution in [1.29, 1.82) is 0 Å². The lowest BCUT2D eigenvalue weighted by Gasteiger charge is -2.52. The minimum atomic E-state index is -0.0920. The number of nitrogens with one attached hydrogen (secondary N) is 1. The molecular formula is C11H19NO3. The molecule has 0 aliphatic carbocycles. The highest BCUT2D eigenvalue weighted by atomic mass is 16.5. The summed E-state index contributed by atoms with van der Waals surface area (Å²) < 4.78 is 10.3. The molecule has 0 aromatic carbocycles. The maximum absolute atomic E-state index is 11.3. The first-order valence-electron chi connectivity index (χ1n) is 5.66. The normalized spacial score (nSPS) is 39.9. The lowest BCUT2D eigenvalue weighted by atomic mass is 9.76. The van der Waals surface area contributed by atoms with Crippen molar-refractivity contribution in [2.45, 2.75) is 37.8 Å². The van der Waals surface area contributed by atoms with Gasteiger partial charge < -0.3 is 14.8 Å². The van der Waals surface area contributed by atoms with Crippen molar-refractivity contribution in [2.24, 2.45) is 5.92 Å². The fourth-order valence-electron chi connectivity index (χ4n) is 2.63. The molecule has 0 aromatic heterocycles. The molecule has 1 spiro atoms. The van der Waals surface area contributed by atoms with Crippen molar-refractivity contribution in [3.8, 4) is 0 Å². The lowest BCUT2D eigenvalue weighted by Crippen LogP contribution is -2.69. The van der Waals surface area contributed by atoms with E-state index in [0.29, 0.717) is 6.10 Å². The number of esters is 1. The molecule has 0 saturated carbocycles. The van der Waals surface area contributed by atoms with Crippen LogP contribution in [0.25, 0.3) is 0 Å². The molecule has 2 rings (SSSR count). The number of piperidine rings is 1. The molecule has 2 aliphatic heterocycles. The minimum Gasteiger partial charge on any atom is -0.469 e. The molecule has 2 saturated heterocycles. The maximum atomic E-state index is 11.3. The van der Waals surface area contributed by atoms with E-state index in [4.69, 9.17) is 9.47 Å². The van der Waals surface area contributed by atoms with E-state index >= 15 is 0 Å². The topological polar surface area (TPSA) is 47.6 Å². The molecule has 2 fully saturated rings. The molecule has 0 aromatic rings. The van der Waals surface area contributed by atoms with Crippen LogP contribution in [0.15, 0.2) is 0 Å². The highest BCUT2D eigenvalue weighted by molar-refractivity contribution is 5.72. The Bertz CT molecular complexity index is 244. The van der Waals surface area contributed by atoms with Crippen molar-refractivity contribution in [3.05, 3.63) is 0 Å². The van der Waals surface area contributed by atoms with Gasteiger partial charge in [-0.05, 0) is 19.3 Å². The van der Waals surface area contributed by atoms with Gasteiger partial charge in [0.25, 0.3) is 0 Å². The molecule has 0 bridgehead atoms. The van der Waals surface area contributed by atoms with Crippen LogP contribution in [-0.4, -0.2) is 37.9 Å². The van der Waals surface area contributed by atoms with Gasteiger partial charge in [-0.25, -0.2) is 0 Å². The number of methoxy groups -OCH3 is 1. The van der Waals surface area contributed by atoms with E-state index in [-0.39, 0.29) is 17.4 Å². The van der Waals surface area contributed by atoms with Crippen molar-refractivity contribution >= 4 is 5.97 Å². The zero-order valence-corrected chi connectivity index (χ0v) is 9.41. The van der Waals surface area contributed by atoms with Crippen LogP contribution in [0.3, 0.4) is 0 Å². The smallest absolute Gasteiger partial charge is 0.309 e. The zero-order valence-electron chi connectivity index (χ0n) is 9.41.